The molecule has 0 aliphatic carbocycles. The number of nitrogens with one attached hydrogen (secondary N) is 1. The van der Waals surface area contributed by atoms with Gasteiger partial charge in [-0.15, -0.1) is 0 Å². The van der Waals surface area contributed by atoms with E-state index in [-0.39, 0.29) is 3.92 Å². The van der Waals surface area contributed by atoms with E-state index < -0.39 is 6.03 Å². The first-order valence-electron chi connectivity index (χ1n) is 3.92. The molecule has 4 heteroatoms. The first-order chi connectivity index (χ1) is 6.20. The van der Waals surface area contributed by atoms with Gasteiger partial charge in [0.15, 0.2) is 0 Å². The monoisotopic (exact) mass is 290 g/mol. The highest BCUT2D eigenvalue weighted by atomic mass is 127. The molecule has 0 fully saturated rings. The van der Waals surface area contributed by atoms with Crippen LogP contribution in [-0.4, -0.2) is 12.6 Å². The second-order valence-corrected chi connectivity index (χ2v) is 4.13. The quantitative estimate of drug-likeness (QED) is 0.647. The lowest BCUT2D eigenvalue weighted by molar-refractivity contribution is 0.249. The molecule has 0 saturated heterocycles. The van der Waals surface area contributed by atoms with E-state index in [1.165, 1.54) is 5.56 Å². The number of benzene rings is 1. The van der Waals surface area contributed by atoms with Gasteiger partial charge in [-0.25, -0.2) is 4.79 Å². The van der Waals surface area contributed by atoms with Crippen molar-refractivity contribution in [2.24, 2.45) is 5.73 Å². The van der Waals surface area contributed by atoms with E-state index in [0.29, 0.717) is 6.54 Å². The Balaban J connectivity index is 2.49. The number of urea groups is 1. The molecule has 1 rings (SSSR count). The van der Waals surface area contributed by atoms with Gasteiger partial charge in [-0.3, -0.25) is 0 Å². The Kier molecular flexibility index (Phi) is 4.01. The van der Waals surface area contributed by atoms with Crippen molar-refractivity contribution >= 4 is 28.6 Å². The predicted molar refractivity (Wildman–Crippen MR) is 60.8 cm³/mol. The zero-order chi connectivity index (χ0) is 9.68. The maximum absolute atomic E-state index is 10.4. The van der Waals surface area contributed by atoms with E-state index in [1.807, 2.05) is 30.3 Å². The van der Waals surface area contributed by atoms with E-state index >= 15 is 0 Å². The van der Waals surface area contributed by atoms with Gasteiger partial charge in [0.25, 0.3) is 0 Å². The lowest BCUT2D eigenvalue weighted by Gasteiger charge is -2.09. The number of amides is 2. The Bertz CT molecular complexity index is 276. The summed E-state index contributed by atoms with van der Waals surface area (Å²) in [5.74, 6) is 0. The first-order valence-corrected chi connectivity index (χ1v) is 5.17. The van der Waals surface area contributed by atoms with Crippen molar-refractivity contribution in [1.82, 2.24) is 5.32 Å². The van der Waals surface area contributed by atoms with Gasteiger partial charge < -0.3 is 11.1 Å². The lowest BCUT2D eigenvalue weighted by Crippen LogP contribution is -2.31. The third kappa shape index (κ3) is 3.63. The number of alkyl halides is 1. The summed E-state index contributed by atoms with van der Waals surface area (Å²) < 4.78 is 0.270. The number of carbonyl (C=O) groups excluding carboxylic acids is 1. The predicted octanol–water partition coefficient (Wildman–Crippen LogP) is 1.83. The second-order valence-electron chi connectivity index (χ2n) is 2.62. The summed E-state index contributed by atoms with van der Waals surface area (Å²) >= 11 is 2.27. The Morgan fingerprint density at radius 1 is 1.46 bits per heavy atom. The number of hydrogen-bond donors (Lipinski definition) is 2. The summed E-state index contributed by atoms with van der Waals surface area (Å²) in [5, 5.41) is 2.58. The van der Waals surface area contributed by atoms with E-state index in [0.717, 1.165) is 0 Å². The standard InChI is InChI=1S/C9H11IN2O/c10-8(6-12-9(11)13)7-4-2-1-3-5-7/h1-5,8H,6H2,(H3,11,12,13). The summed E-state index contributed by atoms with van der Waals surface area (Å²) in [6.45, 7) is 0.569. The molecule has 0 aliphatic rings. The average Bonchev–Trinajstić information content (AvgIpc) is 2.15. The summed E-state index contributed by atoms with van der Waals surface area (Å²) in [4.78, 5) is 10.4. The van der Waals surface area contributed by atoms with E-state index in [9.17, 15) is 4.79 Å². The molecule has 1 atom stereocenters. The highest BCUT2D eigenvalue weighted by Crippen LogP contribution is 2.21. The van der Waals surface area contributed by atoms with Crippen LogP contribution >= 0.6 is 22.6 Å². The van der Waals surface area contributed by atoms with Crippen LogP contribution in [0.2, 0.25) is 0 Å². The number of nitrogens with two attached hydrogens (primary N) is 1. The van der Waals surface area contributed by atoms with E-state index in [2.05, 4.69) is 27.9 Å². The van der Waals surface area contributed by atoms with Crippen LogP contribution in [0.5, 0.6) is 0 Å². The Morgan fingerprint density at radius 2 is 2.08 bits per heavy atom. The molecule has 0 aromatic heterocycles. The Labute approximate surface area is 90.8 Å². The van der Waals surface area contributed by atoms with Crippen molar-refractivity contribution < 1.29 is 4.79 Å². The molecule has 1 aromatic carbocycles. The van der Waals surface area contributed by atoms with Crippen LogP contribution in [0.3, 0.4) is 0 Å². The van der Waals surface area contributed by atoms with Crippen LogP contribution in [0.4, 0.5) is 4.79 Å². The molecule has 1 unspecified atom stereocenters. The fourth-order valence-electron chi connectivity index (χ4n) is 0.970. The van der Waals surface area contributed by atoms with Gasteiger partial charge in [-0.2, -0.15) is 0 Å². The maximum atomic E-state index is 10.4. The molecule has 13 heavy (non-hydrogen) atoms. The minimum atomic E-state index is -0.474. The van der Waals surface area contributed by atoms with Gasteiger partial charge >= 0.3 is 6.03 Å². The summed E-state index contributed by atoms with van der Waals surface area (Å²) in [7, 11) is 0. The number of hydrogen-bond acceptors (Lipinski definition) is 1. The van der Waals surface area contributed by atoms with Crippen molar-refractivity contribution in [2.45, 2.75) is 3.92 Å². The topological polar surface area (TPSA) is 55.1 Å². The second kappa shape index (κ2) is 5.06. The van der Waals surface area contributed by atoms with Crippen LogP contribution in [0.15, 0.2) is 30.3 Å². The highest BCUT2D eigenvalue weighted by molar-refractivity contribution is 14.1. The molecule has 3 nitrogen and oxygen atoms in total. The fourth-order valence-corrected chi connectivity index (χ4v) is 1.61. The van der Waals surface area contributed by atoms with Crippen molar-refractivity contribution in [3.8, 4) is 0 Å². The minimum Gasteiger partial charge on any atom is -0.352 e. The van der Waals surface area contributed by atoms with Crippen LogP contribution in [0.1, 0.15) is 9.49 Å². The molecule has 0 saturated carbocycles. The van der Waals surface area contributed by atoms with Gasteiger partial charge in [0, 0.05) is 6.54 Å². The smallest absolute Gasteiger partial charge is 0.312 e. The van der Waals surface area contributed by atoms with E-state index in [1.54, 1.807) is 0 Å². The van der Waals surface area contributed by atoms with Gasteiger partial charge in [-0.05, 0) is 5.56 Å². The molecule has 2 amide bonds. The molecule has 0 spiro atoms. The molecule has 0 radical (unpaired) electrons. The van der Waals surface area contributed by atoms with Crippen molar-refractivity contribution in [3.05, 3.63) is 35.9 Å². The van der Waals surface area contributed by atoms with Gasteiger partial charge in [0.2, 0.25) is 0 Å². The molecular formula is C9H11IN2O. The van der Waals surface area contributed by atoms with E-state index in [4.69, 9.17) is 5.73 Å². The average molecular weight is 290 g/mol. The summed E-state index contributed by atoms with van der Waals surface area (Å²) in [6.07, 6.45) is 0. The number of carbonyl (C=O) groups is 1. The largest absolute Gasteiger partial charge is 0.352 e. The third-order valence-corrected chi connectivity index (χ3v) is 2.78. The molecule has 0 heterocycles. The fraction of sp³-hybridized carbons (Fsp3) is 0.222. The summed E-state index contributed by atoms with van der Waals surface area (Å²) in [5.41, 5.74) is 6.16. The van der Waals surface area contributed by atoms with Crippen LogP contribution in [-0.2, 0) is 0 Å². The number of primary amides is 1. The third-order valence-electron chi connectivity index (χ3n) is 1.62. The number of halogens is 1. The SMILES string of the molecule is NC(=O)NCC(I)c1ccccc1. The summed E-state index contributed by atoms with van der Waals surface area (Å²) in [6, 6.07) is 9.50. The molecule has 1 aromatic rings. The maximum Gasteiger partial charge on any atom is 0.312 e. The highest BCUT2D eigenvalue weighted by Gasteiger charge is 2.06. The lowest BCUT2D eigenvalue weighted by atomic mass is 10.1. The van der Waals surface area contributed by atoms with Crippen molar-refractivity contribution in [1.29, 1.82) is 0 Å². The van der Waals surface area contributed by atoms with Crippen LogP contribution < -0.4 is 11.1 Å². The first kappa shape index (κ1) is 10.3. The van der Waals surface area contributed by atoms with Gasteiger partial charge in [0.05, 0.1) is 3.92 Å². The zero-order valence-electron chi connectivity index (χ0n) is 7.03. The minimum absolute atomic E-state index is 0.270. The Morgan fingerprint density at radius 3 is 2.62 bits per heavy atom. The van der Waals surface area contributed by atoms with Crippen LogP contribution in [0, 0.1) is 0 Å². The molecule has 70 valence electrons. The van der Waals surface area contributed by atoms with Gasteiger partial charge in [0.1, 0.15) is 0 Å². The van der Waals surface area contributed by atoms with Crippen molar-refractivity contribution in [2.75, 3.05) is 6.54 Å². The molecular weight excluding hydrogens is 279 g/mol. The van der Waals surface area contributed by atoms with Crippen molar-refractivity contribution in [3.63, 3.8) is 0 Å². The van der Waals surface area contributed by atoms with Crippen LogP contribution in [0.25, 0.3) is 0 Å². The normalized spacial score (nSPS) is 12.1. The van der Waals surface area contributed by atoms with Gasteiger partial charge in [-0.1, -0.05) is 52.9 Å². The zero-order valence-corrected chi connectivity index (χ0v) is 9.19. The molecule has 3 N–H and O–H groups in total. The number of rotatable bonds is 3. The molecule has 0 aliphatic heterocycles. The molecule has 0 bridgehead atoms. The Hall–Kier alpha value is -0.780.